The molecule has 1 N–H and O–H groups in total. The maximum absolute atomic E-state index is 13.1. The van der Waals surface area contributed by atoms with Gasteiger partial charge in [0.05, 0.1) is 23.0 Å². The summed E-state index contributed by atoms with van der Waals surface area (Å²) >= 11 is 0. The van der Waals surface area contributed by atoms with Gasteiger partial charge in [0.15, 0.2) is 0 Å². The van der Waals surface area contributed by atoms with E-state index in [-0.39, 0.29) is 23.8 Å². The van der Waals surface area contributed by atoms with Crippen molar-refractivity contribution in [3.8, 4) is 0 Å². The number of H-pyrrole nitrogens is 1. The molecule has 0 bridgehead atoms. The molecule has 2 atom stereocenters. The second kappa shape index (κ2) is 5.58. The van der Waals surface area contributed by atoms with Gasteiger partial charge in [-0.25, -0.2) is 4.98 Å². The first-order valence-corrected chi connectivity index (χ1v) is 9.25. The van der Waals surface area contributed by atoms with Crippen LogP contribution in [-0.4, -0.2) is 50.7 Å². The van der Waals surface area contributed by atoms with Crippen molar-refractivity contribution < 1.29 is 9.59 Å². The lowest BCUT2D eigenvalue weighted by molar-refractivity contribution is -0.136. The molecule has 3 fully saturated rings. The van der Waals surface area contributed by atoms with E-state index < -0.39 is 0 Å². The summed E-state index contributed by atoms with van der Waals surface area (Å²) in [6.45, 7) is 1.36. The molecule has 2 amide bonds. The van der Waals surface area contributed by atoms with Crippen LogP contribution in [0.25, 0.3) is 11.0 Å². The normalized spacial score (nSPS) is 26.8. The molecule has 6 nitrogen and oxygen atoms in total. The van der Waals surface area contributed by atoms with Crippen LogP contribution < -0.4 is 0 Å². The van der Waals surface area contributed by atoms with Crippen LogP contribution in [0.15, 0.2) is 24.3 Å². The fourth-order valence-corrected chi connectivity index (χ4v) is 4.32. The number of aromatic nitrogens is 2. The van der Waals surface area contributed by atoms with E-state index in [1.165, 1.54) is 0 Å². The summed E-state index contributed by atoms with van der Waals surface area (Å²) in [4.78, 5) is 37.2. The van der Waals surface area contributed by atoms with Crippen LogP contribution in [0.3, 0.4) is 0 Å². The summed E-state index contributed by atoms with van der Waals surface area (Å²) in [7, 11) is 0. The van der Waals surface area contributed by atoms with Gasteiger partial charge in [0.25, 0.3) is 0 Å². The number of para-hydroxylation sites is 2. The van der Waals surface area contributed by atoms with Gasteiger partial charge in [0.2, 0.25) is 11.8 Å². The van der Waals surface area contributed by atoms with E-state index >= 15 is 0 Å². The zero-order chi connectivity index (χ0) is 17.0. The van der Waals surface area contributed by atoms with E-state index in [4.69, 9.17) is 4.98 Å². The zero-order valence-electron chi connectivity index (χ0n) is 14.1. The number of hydrogen-bond acceptors (Lipinski definition) is 3. The predicted molar refractivity (Wildman–Crippen MR) is 92.6 cm³/mol. The standard InChI is InChI=1S/C19H22N4O2/c24-17-10-12(11-23(17)13-7-8-13)19(25)22-9-3-6-16(22)18-20-14-4-1-2-5-15(14)21-18/h1-2,4-5,12-13,16H,3,6-11H2,(H,20,21)/t12-,16-/m1/s1. The fourth-order valence-electron chi connectivity index (χ4n) is 4.32. The summed E-state index contributed by atoms with van der Waals surface area (Å²) in [5, 5.41) is 0. The Morgan fingerprint density at radius 1 is 1.20 bits per heavy atom. The molecule has 25 heavy (non-hydrogen) atoms. The number of carbonyl (C=O) groups is 2. The lowest BCUT2D eigenvalue weighted by Gasteiger charge is -2.26. The minimum absolute atomic E-state index is 0.00461. The number of amides is 2. The number of aromatic amines is 1. The Bertz CT molecular complexity index is 808. The molecule has 0 unspecified atom stereocenters. The maximum Gasteiger partial charge on any atom is 0.228 e. The average Bonchev–Trinajstić information content (AvgIpc) is 3.05. The van der Waals surface area contributed by atoms with Crippen molar-refractivity contribution in [1.29, 1.82) is 0 Å². The Morgan fingerprint density at radius 3 is 2.84 bits per heavy atom. The predicted octanol–water partition coefficient (Wildman–Crippen LogP) is 2.24. The molecule has 2 saturated heterocycles. The highest BCUT2D eigenvalue weighted by atomic mass is 16.2. The molecule has 1 aliphatic carbocycles. The monoisotopic (exact) mass is 338 g/mol. The highest BCUT2D eigenvalue weighted by Crippen LogP contribution is 2.37. The minimum atomic E-state index is -0.182. The molecule has 2 aliphatic heterocycles. The SMILES string of the molecule is O=C1C[C@@H](C(=O)N2CCC[C@@H]2c2nc3ccccc3[nH]2)CN1C1CC1. The van der Waals surface area contributed by atoms with Crippen molar-refractivity contribution in [3.63, 3.8) is 0 Å². The van der Waals surface area contributed by atoms with Gasteiger partial charge in [-0.05, 0) is 37.8 Å². The van der Waals surface area contributed by atoms with Crippen molar-refractivity contribution in [3.05, 3.63) is 30.1 Å². The molecule has 6 heteroatoms. The van der Waals surface area contributed by atoms with Crippen LogP contribution in [0.1, 0.15) is 44.0 Å². The van der Waals surface area contributed by atoms with E-state index in [9.17, 15) is 9.59 Å². The van der Waals surface area contributed by atoms with Gasteiger partial charge in [0.1, 0.15) is 5.82 Å². The van der Waals surface area contributed by atoms with E-state index in [1.54, 1.807) is 0 Å². The minimum Gasteiger partial charge on any atom is -0.340 e. The molecule has 0 radical (unpaired) electrons. The van der Waals surface area contributed by atoms with Crippen molar-refractivity contribution in [2.24, 2.45) is 5.92 Å². The zero-order valence-corrected chi connectivity index (χ0v) is 14.1. The number of hydrogen-bond donors (Lipinski definition) is 1. The molecule has 1 aromatic carbocycles. The van der Waals surface area contributed by atoms with Gasteiger partial charge < -0.3 is 14.8 Å². The molecule has 2 aromatic rings. The molecule has 3 heterocycles. The lowest BCUT2D eigenvalue weighted by Crippen LogP contribution is -2.37. The summed E-state index contributed by atoms with van der Waals surface area (Å²) < 4.78 is 0. The van der Waals surface area contributed by atoms with E-state index in [0.717, 1.165) is 49.1 Å². The first-order chi connectivity index (χ1) is 12.2. The highest BCUT2D eigenvalue weighted by Gasteiger charge is 2.44. The van der Waals surface area contributed by atoms with Gasteiger partial charge in [0, 0.05) is 25.6 Å². The van der Waals surface area contributed by atoms with E-state index in [2.05, 4.69) is 4.98 Å². The summed E-state index contributed by atoms with van der Waals surface area (Å²) in [6.07, 6.45) is 4.48. The maximum atomic E-state index is 13.1. The fraction of sp³-hybridized carbons (Fsp3) is 0.526. The third kappa shape index (κ3) is 2.51. The van der Waals surface area contributed by atoms with Crippen molar-refractivity contribution in [2.75, 3.05) is 13.1 Å². The number of nitrogens with one attached hydrogen (secondary N) is 1. The van der Waals surface area contributed by atoms with Crippen LogP contribution in [0.4, 0.5) is 0 Å². The summed E-state index contributed by atoms with van der Waals surface area (Å²) in [5.41, 5.74) is 1.94. The second-order valence-electron chi connectivity index (χ2n) is 7.51. The van der Waals surface area contributed by atoms with Gasteiger partial charge in [-0.1, -0.05) is 12.1 Å². The third-order valence-corrected chi connectivity index (χ3v) is 5.75. The van der Waals surface area contributed by atoms with Gasteiger partial charge in [-0.2, -0.15) is 0 Å². The highest BCUT2D eigenvalue weighted by molar-refractivity contribution is 5.90. The summed E-state index contributed by atoms with van der Waals surface area (Å²) in [6, 6.07) is 8.36. The number of rotatable bonds is 3. The topological polar surface area (TPSA) is 69.3 Å². The van der Waals surface area contributed by atoms with Crippen LogP contribution in [-0.2, 0) is 9.59 Å². The Hall–Kier alpha value is -2.37. The molecule has 5 rings (SSSR count). The summed E-state index contributed by atoms with van der Waals surface area (Å²) in [5.74, 6) is 0.966. The Labute approximate surface area is 146 Å². The number of fused-ring (bicyclic) bond motifs is 1. The first kappa shape index (κ1) is 14.9. The lowest BCUT2D eigenvalue weighted by atomic mass is 10.1. The number of carbonyl (C=O) groups excluding carboxylic acids is 2. The molecular weight excluding hydrogens is 316 g/mol. The smallest absolute Gasteiger partial charge is 0.228 e. The first-order valence-electron chi connectivity index (χ1n) is 9.25. The van der Waals surface area contributed by atoms with Crippen LogP contribution in [0, 0.1) is 5.92 Å². The third-order valence-electron chi connectivity index (χ3n) is 5.75. The number of imidazole rings is 1. The van der Waals surface area contributed by atoms with Crippen molar-refractivity contribution in [1.82, 2.24) is 19.8 Å². The molecule has 130 valence electrons. The van der Waals surface area contributed by atoms with Crippen molar-refractivity contribution in [2.45, 2.75) is 44.2 Å². The molecule has 3 aliphatic rings. The molecule has 0 spiro atoms. The van der Waals surface area contributed by atoms with Gasteiger partial charge in [-0.3, -0.25) is 9.59 Å². The Kier molecular flexibility index (Phi) is 3.33. The van der Waals surface area contributed by atoms with Crippen LogP contribution in [0.5, 0.6) is 0 Å². The van der Waals surface area contributed by atoms with Crippen molar-refractivity contribution >= 4 is 22.8 Å². The number of likely N-dealkylation sites (tertiary alicyclic amines) is 2. The van der Waals surface area contributed by atoms with Gasteiger partial charge >= 0.3 is 0 Å². The average molecular weight is 338 g/mol. The Morgan fingerprint density at radius 2 is 2.04 bits per heavy atom. The molecule has 1 aromatic heterocycles. The van der Waals surface area contributed by atoms with Crippen LogP contribution >= 0.6 is 0 Å². The number of nitrogens with zero attached hydrogens (tertiary/aromatic N) is 3. The number of benzene rings is 1. The van der Waals surface area contributed by atoms with E-state index in [1.807, 2.05) is 34.1 Å². The Balaban J connectivity index is 1.37. The largest absolute Gasteiger partial charge is 0.340 e. The quantitative estimate of drug-likeness (QED) is 0.933. The van der Waals surface area contributed by atoms with E-state index in [0.29, 0.717) is 19.0 Å². The van der Waals surface area contributed by atoms with Gasteiger partial charge in [-0.15, -0.1) is 0 Å². The molecule has 1 saturated carbocycles. The molecular formula is C19H22N4O2. The second-order valence-corrected chi connectivity index (χ2v) is 7.51. The van der Waals surface area contributed by atoms with Crippen LogP contribution in [0.2, 0.25) is 0 Å².